The number of aryl methyl sites for hydroxylation is 3. The summed E-state index contributed by atoms with van der Waals surface area (Å²) in [6.07, 6.45) is 3.58. The minimum atomic E-state index is -3.37. The molecular formula is C55H64Cl2F2N18O7S2. The highest BCUT2D eigenvalue weighted by molar-refractivity contribution is 7.91. The molecule has 31 heteroatoms. The third kappa shape index (κ3) is 23.0. The second kappa shape index (κ2) is 33.1. The van der Waals surface area contributed by atoms with Gasteiger partial charge in [0.05, 0.1) is 21.3 Å². The molecule has 0 saturated heterocycles. The van der Waals surface area contributed by atoms with Gasteiger partial charge in [0.1, 0.15) is 6.33 Å². The Morgan fingerprint density at radius 2 is 0.942 bits per heavy atom. The van der Waals surface area contributed by atoms with E-state index < -0.39 is 44.5 Å². The Labute approximate surface area is 506 Å². The number of amides is 5. The summed E-state index contributed by atoms with van der Waals surface area (Å²) < 4.78 is 72.7. The zero-order chi connectivity index (χ0) is 62.3. The van der Waals surface area contributed by atoms with Crippen molar-refractivity contribution in [2.45, 2.75) is 71.6 Å². The Morgan fingerprint density at radius 1 is 0.535 bits per heavy atom. The quantitative estimate of drug-likeness (QED) is 0.0265. The first-order valence-corrected chi connectivity index (χ1v) is 29.4. The Hall–Kier alpha value is -9.45. The van der Waals surface area contributed by atoms with E-state index in [2.05, 4.69) is 82.4 Å². The van der Waals surface area contributed by atoms with Crippen LogP contribution in [0.5, 0.6) is 0 Å². The van der Waals surface area contributed by atoms with Crippen molar-refractivity contribution < 1.29 is 40.0 Å². The third-order valence-corrected chi connectivity index (χ3v) is 15.1. The van der Waals surface area contributed by atoms with Gasteiger partial charge in [0, 0.05) is 64.7 Å². The molecule has 0 saturated carbocycles. The minimum absolute atomic E-state index is 0. The first kappa shape index (κ1) is 69.0. The maximum absolute atomic E-state index is 12.3. The number of hydrogen-bond acceptors (Lipinski definition) is 20. The highest BCUT2D eigenvalue weighted by Crippen LogP contribution is 2.27. The molecule has 25 nitrogen and oxygen atoms in total. The van der Waals surface area contributed by atoms with Gasteiger partial charge in [-0.15, -0.1) is 0 Å². The number of benzene rings is 5. The number of nitrogens with one attached hydrogen (secondary N) is 8. The number of hydrogen-bond donors (Lipinski definition) is 10. The largest absolute Gasteiger partial charge is 0.358 e. The van der Waals surface area contributed by atoms with Crippen molar-refractivity contribution in [2.75, 3.05) is 60.8 Å². The summed E-state index contributed by atoms with van der Waals surface area (Å²) in [5.74, 6) is 0.137. The maximum Gasteiger partial charge on any atom is 0.316 e. The Bertz CT molecular complexity index is 3830. The van der Waals surface area contributed by atoms with Crippen LogP contribution >= 0.6 is 23.2 Å². The molecule has 0 radical (unpaired) electrons. The van der Waals surface area contributed by atoms with Gasteiger partial charge >= 0.3 is 12.1 Å². The predicted molar refractivity (Wildman–Crippen MR) is 333 cm³/mol. The molecule has 0 aliphatic heterocycles. The van der Waals surface area contributed by atoms with Crippen LogP contribution in [0.4, 0.5) is 87.7 Å². The molecule has 3 heterocycles. The van der Waals surface area contributed by atoms with Gasteiger partial charge in [-0.3, -0.25) is 4.79 Å². The molecule has 0 atom stereocenters. The van der Waals surface area contributed by atoms with E-state index >= 15 is 0 Å². The molecule has 5 amide bonds. The maximum atomic E-state index is 12.3. The van der Waals surface area contributed by atoms with Crippen molar-refractivity contribution in [2.24, 2.45) is 11.5 Å². The van der Waals surface area contributed by atoms with Gasteiger partial charge in [0.15, 0.2) is 26.5 Å². The average molecular weight is 1260 g/mol. The molecule has 0 aliphatic carbocycles. The van der Waals surface area contributed by atoms with Crippen molar-refractivity contribution in [3.63, 3.8) is 0 Å². The predicted octanol–water partition coefficient (Wildman–Crippen LogP) is 11.5. The zero-order valence-electron chi connectivity index (χ0n) is 46.5. The molecule has 8 rings (SSSR count). The Kier molecular flexibility index (Phi) is 26.6. The van der Waals surface area contributed by atoms with E-state index in [-0.39, 0.29) is 69.0 Å². The van der Waals surface area contributed by atoms with E-state index in [9.17, 15) is 40.0 Å². The van der Waals surface area contributed by atoms with Gasteiger partial charge in [0.25, 0.3) is 0 Å². The fourth-order valence-corrected chi connectivity index (χ4v) is 10.1. The highest BCUT2D eigenvalue weighted by Gasteiger charge is 2.16. The normalized spacial score (nSPS) is 10.5. The van der Waals surface area contributed by atoms with E-state index in [1.54, 1.807) is 78.9 Å². The molecule has 12 N–H and O–H groups in total. The summed E-state index contributed by atoms with van der Waals surface area (Å²) in [5.41, 5.74) is 17.7. The van der Waals surface area contributed by atoms with Gasteiger partial charge in [-0.2, -0.15) is 34.3 Å². The number of carbonyl (C=O) groups excluding carboxylic acids is 3. The summed E-state index contributed by atoms with van der Waals surface area (Å²) in [4.78, 5) is 65.0. The number of nitrogens with zero attached hydrogens (tertiary/aromatic N) is 8. The van der Waals surface area contributed by atoms with Gasteiger partial charge in [0.2, 0.25) is 46.2 Å². The zero-order valence-corrected chi connectivity index (χ0v) is 49.6. The molecule has 0 unspecified atom stereocenters. The molecule has 456 valence electrons. The van der Waals surface area contributed by atoms with Crippen molar-refractivity contribution in [1.29, 1.82) is 0 Å². The van der Waals surface area contributed by atoms with E-state index in [1.807, 2.05) is 40.7 Å². The number of rotatable bonds is 19. The lowest BCUT2D eigenvalue weighted by atomic mass is 10.2. The molecule has 0 spiro atoms. The summed E-state index contributed by atoms with van der Waals surface area (Å²) in [5, 5.41) is 22.1. The SMILES string of the molecule is C.CC(=O)Nc1cc(NCF)ccc1C.CCCS(=O)(=O)c1ccc(Nc2nc(Cl)nc(Nc3ccc(C)c(NC(N)=O)c3)n2)cc1.CCCS(=O)(=O)c1cccc(Nc2nc(Cl)nc(Nc3ccc(C)c(NC(N)=O)c3)n2)c1.Fc1ccncn1. The molecule has 86 heavy (non-hydrogen) atoms. The number of urea groups is 2. The van der Waals surface area contributed by atoms with Crippen molar-refractivity contribution in [3.8, 4) is 0 Å². The monoisotopic (exact) mass is 1260 g/mol. The Balaban J connectivity index is 0.000000275. The van der Waals surface area contributed by atoms with Gasteiger partial charge < -0.3 is 54.0 Å². The van der Waals surface area contributed by atoms with Crippen molar-refractivity contribution >= 4 is 130 Å². The fourth-order valence-electron chi connectivity index (χ4n) is 7.07. The standard InChI is InChI=1S/2C20H22ClN7O3S.C10H13FN2O.C4H3FN2.CH4/c1-3-10-32(30,31)15-8-6-13(7-9-15)23-19-26-17(21)27-20(28-19)24-14-5-4-12(2)16(11-14)25-18(22)29;1-3-9-32(30,31)15-6-4-5-13(10-15)23-19-26-17(21)27-20(28-19)24-14-8-7-12(2)16(11-14)25-18(22)29;1-7-3-4-9(12-6-11)5-10(7)13-8(2)14;5-4-1-2-6-3-7-4;/h4-9,11H,3,10H2,1-2H3,(H3,22,25,29)(H2,23,24,26,27,28);4-8,10-11H,3,9H2,1-2H3,(H3,22,25,29)(H2,23,24,26,27,28);3-5,12H,6H2,1-2H3,(H,13,14);1-3H;1H4. The van der Waals surface area contributed by atoms with Crippen LogP contribution in [0.2, 0.25) is 10.6 Å². The van der Waals surface area contributed by atoms with Crippen LogP contribution in [0, 0.1) is 26.7 Å². The second-order valence-electron chi connectivity index (χ2n) is 17.8. The number of sulfone groups is 2. The minimum Gasteiger partial charge on any atom is -0.358 e. The fraction of sp³-hybridized carbons (Fsp3) is 0.218. The smallest absolute Gasteiger partial charge is 0.316 e. The molecule has 5 aromatic carbocycles. The van der Waals surface area contributed by atoms with Crippen molar-refractivity contribution in [3.05, 3.63) is 155 Å². The van der Waals surface area contributed by atoms with Crippen LogP contribution in [0.15, 0.2) is 132 Å². The van der Waals surface area contributed by atoms with E-state index in [0.29, 0.717) is 58.3 Å². The lowest BCUT2D eigenvalue weighted by Crippen LogP contribution is -2.19. The first-order chi connectivity index (χ1) is 40.3. The van der Waals surface area contributed by atoms with E-state index in [0.717, 1.165) is 23.0 Å². The van der Waals surface area contributed by atoms with Gasteiger partial charge in [-0.05, 0) is 152 Å². The summed E-state index contributed by atoms with van der Waals surface area (Å²) >= 11 is 12.1. The second-order valence-corrected chi connectivity index (χ2v) is 22.7. The molecule has 3 aromatic heterocycles. The molecule has 0 fully saturated rings. The summed E-state index contributed by atoms with van der Waals surface area (Å²) in [6, 6.07) is 28.3. The summed E-state index contributed by atoms with van der Waals surface area (Å²) in [7, 11) is -6.67. The van der Waals surface area contributed by atoms with Gasteiger partial charge in [-0.25, -0.2) is 40.8 Å². The van der Waals surface area contributed by atoms with Crippen LogP contribution in [-0.4, -0.2) is 93.0 Å². The number of aromatic nitrogens is 8. The molecule has 8 aromatic rings. The number of primary amides is 2. The topological polar surface area (TPSA) is 371 Å². The molecular weight excluding hydrogens is 1200 g/mol. The first-order valence-electron chi connectivity index (χ1n) is 25.4. The van der Waals surface area contributed by atoms with E-state index in [1.165, 1.54) is 37.4 Å². The molecule has 0 aliphatic rings. The van der Waals surface area contributed by atoms with Crippen molar-refractivity contribution in [1.82, 2.24) is 39.9 Å². The molecule has 0 bridgehead atoms. The lowest BCUT2D eigenvalue weighted by molar-refractivity contribution is -0.114. The van der Waals surface area contributed by atoms with Crippen LogP contribution < -0.4 is 54.0 Å². The number of alkyl halides is 1. The lowest BCUT2D eigenvalue weighted by Gasteiger charge is -2.12. The average Bonchev–Trinajstić information content (AvgIpc) is 2.57. The number of nitrogens with two attached hydrogens (primary N) is 2. The number of carbonyl (C=O) groups is 3. The van der Waals surface area contributed by atoms with Crippen LogP contribution in [0.25, 0.3) is 0 Å². The van der Waals surface area contributed by atoms with Crippen LogP contribution in [0.1, 0.15) is 57.7 Å². The van der Waals surface area contributed by atoms with E-state index in [4.69, 9.17) is 34.7 Å². The van der Waals surface area contributed by atoms with Crippen LogP contribution in [0.3, 0.4) is 0 Å². The van der Waals surface area contributed by atoms with Crippen LogP contribution in [-0.2, 0) is 24.5 Å². The Morgan fingerprint density at radius 3 is 1.34 bits per heavy atom. The van der Waals surface area contributed by atoms with Gasteiger partial charge in [-0.1, -0.05) is 45.5 Å². The number of halogens is 4. The number of anilines is 12. The highest BCUT2D eigenvalue weighted by atomic mass is 35.5. The summed E-state index contributed by atoms with van der Waals surface area (Å²) in [6.45, 7) is 9.97. The third-order valence-electron chi connectivity index (χ3n) is 10.9.